The van der Waals surface area contributed by atoms with Crippen LogP contribution in [-0.4, -0.2) is 49.9 Å². The van der Waals surface area contributed by atoms with E-state index in [0.717, 1.165) is 18.9 Å². The molecule has 1 fully saturated rings. The van der Waals surface area contributed by atoms with E-state index in [-0.39, 0.29) is 18.4 Å². The highest BCUT2D eigenvalue weighted by molar-refractivity contribution is 5.85. The van der Waals surface area contributed by atoms with E-state index in [9.17, 15) is 9.59 Å². The zero-order chi connectivity index (χ0) is 12.7. The number of carbonyl (C=O) groups excluding carboxylic acids is 2. The molecule has 98 valence electrons. The largest absolute Gasteiger partial charge is 0.355 e. The molecular weight excluding hydrogens is 218 g/mol. The van der Waals surface area contributed by atoms with Gasteiger partial charge in [0.2, 0.25) is 11.8 Å². The SMILES string of the molecule is CCCNC(=O)CN(C)C(=O)CNCC1CC1. The summed E-state index contributed by atoms with van der Waals surface area (Å²) < 4.78 is 0. The summed E-state index contributed by atoms with van der Waals surface area (Å²) in [5.41, 5.74) is 0. The third kappa shape index (κ3) is 6.26. The van der Waals surface area contributed by atoms with Crippen molar-refractivity contribution < 1.29 is 9.59 Å². The van der Waals surface area contributed by atoms with Crippen LogP contribution in [0.15, 0.2) is 0 Å². The third-order valence-electron chi connectivity index (χ3n) is 2.78. The Bertz CT molecular complexity index is 264. The van der Waals surface area contributed by atoms with Crippen LogP contribution in [0.25, 0.3) is 0 Å². The Morgan fingerprint density at radius 2 is 2.06 bits per heavy atom. The molecule has 5 heteroatoms. The molecular formula is C12H23N3O2. The van der Waals surface area contributed by atoms with Crippen molar-refractivity contribution in [2.45, 2.75) is 26.2 Å². The molecule has 1 saturated carbocycles. The van der Waals surface area contributed by atoms with Crippen LogP contribution in [0.3, 0.4) is 0 Å². The second-order valence-corrected chi connectivity index (χ2v) is 4.67. The minimum absolute atomic E-state index is 0.0303. The van der Waals surface area contributed by atoms with Gasteiger partial charge >= 0.3 is 0 Å². The van der Waals surface area contributed by atoms with Crippen LogP contribution < -0.4 is 10.6 Å². The average molecular weight is 241 g/mol. The Hall–Kier alpha value is -1.10. The van der Waals surface area contributed by atoms with E-state index in [1.807, 2.05) is 6.92 Å². The van der Waals surface area contributed by atoms with Gasteiger partial charge in [0.15, 0.2) is 0 Å². The lowest BCUT2D eigenvalue weighted by molar-refractivity contribution is -0.134. The van der Waals surface area contributed by atoms with Crippen molar-refractivity contribution in [3.8, 4) is 0 Å². The first-order valence-corrected chi connectivity index (χ1v) is 6.34. The van der Waals surface area contributed by atoms with Crippen LogP contribution in [-0.2, 0) is 9.59 Å². The van der Waals surface area contributed by atoms with E-state index in [0.29, 0.717) is 13.1 Å². The van der Waals surface area contributed by atoms with Crippen LogP contribution >= 0.6 is 0 Å². The molecule has 0 radical (unpaired) electrons. The van der Waals surface area contributed by atoms with Gasteiger partial charge in [0, 0.05) is 13.6 Å². The minimum Gasteiger partial charge on any atom is -0.355 e. The highest BCUT2D eigenvalue weighted by Crippen LogP contribution is 2.27. The highest BCUT2D eigenvalue weighted by Gasteiger charge is 2.21. The van der Waals surface area contributed by atoms with Crippen molar-refractivity contribution in [1.29, 1.82) is 0 Å². The molecule has 2 amide bonds. The van der Waals surface area contributed by atoms with E-state index in [2.05, 4.69) is 10.6 Å². The quantitative estimate of drug-likeness (QED) is 0.627. The summed E-state index contributed by atoms with van der Waals surface area (Å²) in [7, 11) is 1.66. The number of hydrogen-bond acceptors (Lipinski definition) is 3. The molecule has 1 rings (SSSR count). The summed E-state index contributed by atoms with van der Waals surface area (Å²) in [6.45, 7) is 4.05. The Labute approximate surface area is 103 Å². The number of amides is 2. The molecule has 0 bridgehead atoms. The number of hydrogen-bond donors (Lipinski definition) is 2. The maximum absolute atomic E-state index is 11.6. The standard InChI is InChI=1S/C12H23N3O2/c1-3-6-14-11(16)9-15(2)12(17)8-13-7-10-4-5-10/h10,13H,3-9H2,1-2H3,(H,14,16). The third-order valence-corrected chi connectivity index (χ3v) is 2.78. The first-order valence-electron chi connectivity index (χ1n) is 6.34. The van der Waals surface area contributed by atoms with Crippen LogP contribution in [0.2, 0.25) is 0 Å². The lowest BCUT2D eigenvalue weighted by atomic mass is 10.4. The number of carbonyl (C=O) groups is 2. The molecule has 0 aliphatic heterocycles. The van der Waals surface area contributed by atoms with Gasteiger partial charge in [0.05, 0.1) is 13.1 Å². The lowest BCUT2D eigenvalue weighted by Crippen LogP contribution is -2.42. The fraction of sp³-hybridized carbons (Fsp3) is 0.833. The Balaban J connectivity index is 2.09. The van der Waals surface area contributed by atoms with E-state index < -0.39 is 0 Å². The lowest BCUT2D eigenvalue weighted by Gasteiger charge is -2.17. The summed E-state index contributed by atoms with van der Waals surface area (Å²) in [5, 5.41) is 5.87. The monoisotopic (exact) mass is 241 g/mol. The predicted molar refractivity (Wildman–Crippen MR) is 66.5 cm³/mol. The Kier molecular flexibility index (Phi) is 5.97. The van der Waals surface area contributed by atoms with Crippen molar-refractivity contribution in [2.75, 3.05) is 33.2 Å². The maximum Gasteiger partial charge on any atom is 0.239 e. The van der Waals surface area contributed by atoms with Crippen LogP contribution in [0.5, 0.6) is 0 Å². The molecule has 0 aromatic carbocycles. The zero-order valence-corrected chi connectivity index (χ0v) is 10.8. The van der Waals surface area contributed by atoms with Gasteiger partial charge in [-0.15, -0.1) is 0 Å². The molecule has 0 spiro atoms. The summed E-state index contributed by atoms with van der Waals surface area (Å²) in [4.78, 5) is 24.5. The molecule has 1 aliphatic rings. The molecule has 0 heterocycles. The number of nitrogens with zero attached hydrogens (tertiary/aromatic N) is 1. The molecule has 0 atom stereocenters. The normalized spacial score (nSPS) is 14.5. The number of nitrogens with one attached hydrogen (secondary N) is 2. The van der Waals surface area contributed by atoms with Gasteiger partial charge in [-0.05, 0) is 31.7 Å². The summed E-state index contributed by atoms with van der Waals surface area (Å²) in [6, 6.07) is 0. The highest BCUT2D eigenvalue weighted by atomic mass is 16.2. The minimum atomic E-state index is -0.0927. The van der Waals surface area contributed by atoms with Crippen LogP contribution in [0, 0.1) is 5.92 Å². The molecule has 0 unspecified atom stereocenters. The molecule has 2 N–H and O–H groups in total. The van der Waals surface area contributed by atoms with Crippen molar-refractivity contribution in [3.05, 3.63) is 0 Å². The fourth-order valence-corrected chi connectivity index (χ4v) is 1.46. The van der Waals surface area contributed by atoms with Crippen molar-refractivity contribution >= 4 is 11.8 Å². The first-order chi connectivity index (χ1) is 8.13. The predicted octanol–water partition coefficient (Wildman–Crippen LogP) is -0.0294. The zero-order valence-electron chi connectivity index (χ0n) is 10.8. The van der Waals surface area contributed by atoms with Gasteiger partial charge in [0.25, 0.3) is 0 Å². The smallest absolute Gasteiger partial charge is 0.239 e. The molecule has 5 nitrogen and oxygen atoms in total. The first kappa shape index (κ1) is 14.0. The summed E-state index contributed by atoms with van der Waals surface area (Å²) in [6.07, 6.45) is 3.46. The van der Waals surface area contributed by atoms with Gasteiger partial charge in [-0.2, -0.15) is 0 Å². The van der Waals surface area contributed by atoms with Crippen molar-refractivity contribution in [3.63, 3.8) is 0 Å². The number of rotatable bonds is 8. The van der Waals surface area contributed by atoms with Gasteiger partial charge in [-0.3, -0.25) is 9.59 Å². The Morgan fingerprint density at radius 1 is 1.35 bits per heavy atom. The van der Waals surface area contributed by atoms with Crippen molar-refractivity contribution in [2.24, 2.45) is 5.92 Å². The van der Waals surface area contributed by atoms with Gasteiger partial charge in [-0.25, -0.2) is 0 Å². The number of likely N-dealkylation sites (N-methyl/N-ethyl adjacent to an activating group) is 1. The van der Waals surface area contributed by atoms with E-state index in [4.69, 9.17) is 0 Å². The van der Waals surface area contributed by atoms with Gasteiger partial charge in [-0.1, -0.05) is 6.92 Å². The van der Waals surface area contributed by atoms with Gasteiger partial charge in [0.1, 0.15) is 0 Å². The van der Waals surface area contributed by atoms with Crippen LogP contribution in [0.4, 0.5) is 0 Å². The topological polar surface area (TPSA) is 61.4 Å². The van der Waals surface area contributed by atoms with Crippen molar-refractivity contribution in [1.82, 2.24) is 15.5 Å². The second-order valence-electron chi connectivity index (χ2n) is 4.67. The van der Waals surface area contributed by atoms with E-state index >= 15 is 0 Å². The summed E-state index contributed by atoms with van der Waals surface area (Å²) in [5.74, 6) is 0.642. The van der Waals surface area contributed by atoms with Crippen LogP contribution in [0.1, 0.15) is 26.2 Å². The second kappa shape index (κ2) is 7.27. The summed E-state index contributed by atoms with van der Waals surface area (Å²) >= 11 is 0. The van der Waals surface area contributed by atoms with E-state index in [1.54, 1.807) is 7.05 Å². The van der Waals surface area contributed by atoms with E-state index in [1.165, 1.54) is 17.7 Å². The molecule has 0 aromatic rings. The molecule has 0 aromatic heterocycles. The molecule has 17 heavy (non-hydrogen) atoms. The molecule has 0 saturated heterocycles. The Morgan fingerprint density at radius 3 is 2.65 bits per heavy atom. The fourth-order valence-electron chi connectivity index (χ4n) is 1.46. The molecule has 1 aliphatic carbocycles. The average Bonchev–Trinajstić information content (AvgIpc) is 3.10. The maximum atomic E-state index is 11.6. The van der Waals surface area contributed by atoms with Gasteiger partial charge < -0.3 is 15.5 Å².